The van der Waals surface area contributed by atoms with Crippen molar-refractivity contribution in [2.45, 2.75) is 56.6 Å². The van der Waals surface area contributed by atoms with E-state index in [1.807, 2.05) is 41.9 Å². The lowest BCUT2D eigenvalue weighted by molar-refractivity contribution is -0.245. The summed E-state index contributed by atoms with van der Waals surface area (Å²) in [4.78, 5) is 23.6. The normalized spacial score (nSPS) is 20.3. The molecular formula is C26H30N4O6S. The molecule has 0 radical (unpaired) electrons. The molecule has 1 saturated heterocycles. The van der Waals surface area contributed by atoms with Gasteiger partial charge in [-0.1, -0.05) is 48.2 Å². The van der Waals surface area contributed by atoms with Gasteiger partial charge in [0.25, 0.3) is 5.91 Å². The number of anilines is 1. The number of rotatable bonds is 9. The molecule has 0 bridgehead atoms. The van der Waals surface area contributed by atoms with Crippen LogP contribution >= 0.6 is 11.8 Å². The Morgan fingerprint density at radius 2 is 2.00 bits per heavy atom. The van der Waals surface area contributed by atoms with E-state index >= 15 is 0 Å². The molecule has 2 N–H and O–H groups in total. The van der Waals surface area contributed by atoms with E-state index in [0.717, 1.165) is 21.8 Å². The Labute approximate surface area is 219 Å². The van der Waals surface area contributed by atoms with Gasteiger partial charge in [-0.2, -0.15) is 0 Å². The molecule has 4 rings (SSSR count). The number of aliphatic hydroxyl groups excluding tert-OH is 1. The second-order valence-electron chi connectivity index (χ2n) is 8.75. The van der Waals surface area contributed by atoms with Crippen LogP contribution in [0.5, 0.6) is 0 Å². The van der Waals surface area contributed by atoms with Crippen molar-refractivity contribution in [3.8, 4) is 0 Å². The molecule has 0 saturated carbocycles. The number of nitrogens with zero attached hydrogens (tertiary/aromatic N) is 3. The highest BCUT2D eigenvalue weighted by molar-refractivity contribution is 7.99. The van der Waals surface area contributed by atoms with Crippen LogP contribution in [0.4, 0.5) is 5.69 Å². The number of hydrogen-bond donors (Lipinski definition) is 2. The quantitative estimate of drug-likeness (QED) is 0.318. The van der Waals surface area contributed by atoms with Gasteiger partial charge in [-0.3, -0.25) is 9.59 Å². The lowest BCUT2D eigenvalue weighted by atomic mass is 10.0. The maximum absolute atomic E-state index is 12.4. The van der Waals surface area contributed by atoms with E-state index in [-0.39, 0.29) is 18.8 Å². The molecule has 1 aliphatic heterocycles. The summed E-state index contributed by atoms with van der Waals surface area (Å²) in [5.74, 6) is -0.310. The number of nitrogens with one attached hydrogen (secondary N) is 1. The standard InChI is InChI=1S/C26H30N4O6S/c1-16(34-17(2)32)24(33)28-21-6-4-5-20(11-21)25-35-22(14-37-26-29-27-15-30(26)3)12-23(36-25)19-9-7-18(13-31)8-10-19/h4-11,15-16,22-23,25,31H,12-14H2,1-3H3,(H,28,33)/t16-,22-,23+,25+/m0/s1. The first-order valence-electron chi connectivity index (χ1n) is 11.9. The molecule has 4 atom stereocenters. The second-order valence-corrected chi connectivity index (χ2v) is 9.74. The van der Waals surface area contributed by atoms with Crippen LogP contribution < -0.4 is 5.32 Å². The molecule has 1 aromatic heterocycles. The van der Waals surface area contributed by atoms with Crippen molar-refractivity contribution in [3.05, 3.63) is 71.5 Å². The van der Waals surface area contributed by atoms with Gasteiger partial charge in [0.2, 0.25) is 0 Å². The number of aromatic nitrogens is 3. The summed E-state index contributed by atoms with van der Waals surface area (Å²) in [6.45, 7) is 2.75. The SMILES string of the molecule is CC(=O)O[C@@H](C)C(=O)Nc1cccc([C@@H]2O[C@H](CSc3nncn3C)C[C@H](c3ccc(CO)cc3)O2)c1. The number of ether oxygens (including phenoxy) is 3. The molecule has 1 aliphatic rings. The molecule has 0 unspecified atom stereocenters. The van der Waals surface area contributed by atoms with Crippen molar-refractivity contribution in [2.75, 3.05) is 11.1 Å². The largest absolute Gasteiger partial charge is 0.453 e. The highest BCUT2D eigenvalue weighted by Gasteiger charge is 2.32. The molecule has 196 valence electrons. The number of aliphatic hydroxyl groups is 1. The number of esters is 1. The van der Waals surface area contributed by atoms with Gasteiger partial charge in [0.15, 0.2) is 17.6 Å². The van der Waals surface area contributed by atoms with Gasteiger partial charge >= 0.3 is 5.97 Å². The van der Waals surface area contributed by atoms with Crippen molar-refractivity contribution in [3.63, 3.8) is 0 Å². The molecule has 1 fully saturated rings. The van der Waals surface area contributed by atoms with Crippen molar-refractivity contribution in [1.29, 1.82) is 0 Å². The molecule has 37 heavy (non-hydrogen) atoms. The van der Waals surface area contributed by atoms with Crippen LogP contribution in [-0.2, 0) is 37.5 Å². The van der Waals surface area contributed by atoms with Crippen molar-refractivity contribution >= 4 is 29.3 Å². The molecule has 3 aromatic rings. The van der Waals surface area contributed by atoms with E-state index in [9.17, 15) is 14.7 Å². The van der Waals surface area contributed by atoms with Crippen LogP contribution in [-0.4, -0.2) is 49.7 Å². The fourth-order valence-corrected chi connectivity index (χ4v) is 4.81. The summed E-state index contributed by atoms with van der Waals surface area (Å²) >= 11 is 1.56. The summed E-state index contributed by atoms with van der Waals surface area (Å²) in [6, 6.07) is 14.9. The smallest absolute Gasteiger partial charge is 0.303 e. The number of aryl methyl sites for hydroxylation is 1. The molecule has 2 heterocycles. The number of amides is 1. The van der Waals surface area contributed by atoms with Crippen molar-refractivity contribution in [2.24, 2.45) is 7.05 Å². The number of hydrogen-bond acceptors (Lipinski definition) is 9. The maximum Gasteiger partial charge on any atom is 0.303 e. The first-order chi connectivity index (χ1) is 17.8. The van der Waals surface area contributed by atoms with E-state index in [4.69, 9.17) is 14.2 Å². The Hall–Kier alpha value is -3.25. The second kappa shape index (κ2) is 12.3. The van der Waals surface area contributed by atoms with Gasteiger partial charge in [0.05, 0.1) is 18.8 Å². The minimum Gasteiger partial charge on any atom is -0.453 e. The van der Waals surface area contributed by atoms with E-state index in [1.165, 1.54) is 13.8 Å². The van der Waals surface area contributed by atoms with E-state index in [2.05, 4.69) is 15.5 Å². The molecule has 11 heteroatoms. The molecule has 0 spiro atoms. The third-order valence-electron chi connectivity index (χ3n) is 5.82. The zero-order chi connectivity index (χ0) is 26.4. The summed E-state index contributed by atoms with van der Waals surface area (Å²) in [5.41, 5.74) is 3.09. The maximum atomic E-state index is 12.4. The molecule has 0 aliphatic carbocycles. The first kappa shape index (κ1) is 26.8. The van der Waals surface area contributed by atoms with Crippen LogP contribution in [0.2, 0.25) is 0 Å². The third kappa shape index (κ3) is 7.16. The minimum absolute atomic E-state index is 0.0247. The monoisotopic (exact) mass is 526 g/mol. The van der Waals surface area contributed by atoms with E-state index in [0.29, 0.717) is 17.9 Å². The van der Waals surface area contributed by atoms with Gasteiger partial charge in [0.1, 0.15) is 6.33 Å². The van der Waals surface area contributed by atoms with Gasteiger partial charge in [0, 0.05) is 37.4 Å². The Morgan fingerprint density at radius 3 is 2.68 bits per heavy atom. The van der Waals surface area contributed by atoms with Crippen LogP contribution in [0, 0.1) is 0 Å². The summed E-state index contributed by atoms with van der Waals surface area (Å²) in [5, 5.41) is 21.0. The van der Waals surface area contributed by atoms with E-state index in [1.54, 1.807) is 36.3 Å². The fraction of sp³-hybridized carbons (Fsp3) is 0.385. The minimum atomic E-state index is -0.920. The summed E-state index contributed by atoms with van der Waals surface area (Å²) < 4.78 is 19.5. The zero-order valence-corrected chi connectivity index (χ0v) is 21.7. The highest BCUT2D eigenvalue weighted by atomic mass is 32.2. The lowest BCUT2D eigenvalue weighted by Gasteiger charge is -2.36. The van der Waals surface area contributed by atoms with Crippen LogP contribution in [0.25, 0.3) is 0 Å². The average molecular weight is 527 g/mol. The Bertz CT molecular complexity index is 1220. The Kier molecular flexibility index (Phi) is 8.93. The number of thioether (sulfide) groups is 1. The molecule has 2 aromatic carbocycles. The van der Waals surface area contributed by atoms with Gasteiger partial charge in [-0.25, -0.2) is 0 Å². The van der Waals surface area contributed by atoms with Crippen molar-refractivity contribution < 1.29 is 28.9 Å². The molecule has 1 amide bonds. The third-order valence-corrected chi connectivity index (χ3v) is 6.99. The van der Waals surface area contributed by atoms with Crippen molar-refractivity contribution in [1.82, 2.24) is 14.8 Å². The predicted molar refractivity (Wildman–Crippen MR) is 136 cm³/mol. The summed E-state index contributed by atoms with van der Waals surface area (Å²) in [7, 11) is 1.89. The first-order valence-corrected chi connectivity index (χ1v) is 12.9. The van der Waals surface area contributed by atoms with Gasteiger partial charge in [-0.15, -0.1) is 10.2 Å². The highest BCUT2D eigenvalue weighted by Crippen LogP contribution is 2.39. The van der Waals surface area contributed by atoms with E-state index < -0.39 is 24.3 Å². The van der Waals surface area contributed by atoms with Gasteiger partial charge < -0.3 is 29.2 Å². The number of benzene rings is 2. The topological polar surface area (TPSA) is 125 Å². The predicted octanol–water partition coefficient (Wildman–Crippen LogP) is 3.54. The van der Waals surface area contributed by atoms with Crippen LogP contribution in [0.3, 0.4) is 0 Å². The Balaban J connectivity index is 1.52. The number of carbonyl (C=O) groups is 2. The molecule has 10 nitrogen and oxygen atoms in total. The van der Waals surface area contributed by atoms with Crippen LogP contribution in [0.15, 0.2) is 60.0 Å². The summed E-state index contributed by atoms with van der Waals surface area (Å²) in [6.07, 6.45) is 0.310. The molecular weight excluding hydrogens is 496 g/mol. The van der Waals surface area contributed by atoms with Crippen LogP contribution in [0.1, 0.15) is 49.4 Å². The average Bonchev–Trinajstić information content (AvgIpc) is 3.31. The lowest BCUT2D eigenvalue weighted by Crippen LogP contribution is -2.31. The number of carbonyl (C=O) groups excluding carboxylic acids is 2. The Morgan fingerprint density at radius 1 is 1.22 bits per heavy atom. The fourth-order valence-electron chi connectivity index (χ4n) is 3.90. The van der Waals surface area contributed by atoms with Gasteiger partial charge in [-0.05, 0) is 30.2 Å². The zero-order valence-electron chi connectivity index (χ0n) is 20.9.